The second-order valence-electron chi connectivity index (χ2n) is 7.15. The van der Waals surface area contributed by atoms with Crippen LogP contribution in [0.5, 0.6) is 5.75 Å². The summed E-state index contributed by atoms with van der Waals surface area (Å²) in [6.45, 7) is 4.01. The van der Waals surface area contributed by atoms with Crippen molar-refractivity contribution in [1.29, 1.82) is 0 Å². The van der Waals surface area contributed by atoms with Gasteiger partial charge in [-0.05, 0) is 61.4 Å². The lowest BCUT2D eigenvalue weighted by atomic mass is 9.89. The van der Waals surface area contributed by atoms with E-state index in [1.165, 1.54) is 16.2 Å². The molecular formula is C20H19ClN2O3S. The van der Waals surface area contributed by atoms with Crippen LogP contribution in [-0.2, 0) is 12.8 Å². The Balaban J connectivity index is 1.79. The molecule has 1 unspecified atom stereocenters. The number of anilines is 1. The summed E-state index contributed by atoms with van der Waals surface area (Å²) in [5, 5.41) is 14.7. The number of hydrogen-bond acceptors (Lipinski definition) is 4. The van der Waals surface area contributed by atoms with Crippen molar-refractivity contribution < 1.29 is 9.90 Å². The van der Waals surface area contributed by atoms with Gasteiger partial charge in [-0.1, -0.05) is 18.5 Å². The van der Waals surface area contributed by atoms with Gasteiger partial charge in [0.05, 0.1) is 5.39 Å². The molecule has 5 nitrogen and oxygen atoms in total. The first kappa shape index (κ1) is 18.1. The Labute approximate surface area is 165 Å². The fourth-order valence-electron chi connectivity index (χ4n) is 3.65. The molecule has 1 atom stereocenters. The quantitative estimate of drug-likeness (QED) is 0.584. The van der Waals surface area contributed by atoms with E-state index in [4.69, 9.17) is 11.6 Å². The molecule has 0 saturated carbocycles. The van der Waals surface area contributed by atoms with Crippen molar-refractivity contribution in [1.82, 2.24) is 4.98 Å². The molecule has 2 aromatic heterocycles. The number of benzene rings is 1. The number of carbonyl (C=O) groups excluding carboxylic acids is 1. The predicted octanol–water partition coefficient (Wildman–Crippen LogP) is 4.63. The fraction of sp³-hybridized carbons (Fsp3) is 0.300. The van der Waals surface area contributed by atoms with Gasteiger partial charge in [0.1, 0.15) is 16.1 Å². The zero-order chi connectivity index (χ0) is 19.3. The van der Waals surface area contributed by atoms with Crippen molar-refractivity contribution in [2.45, 2.75) is 33.1 Å². The van der Waals surface area contributed by atoms with Crippen LogP contribution in [0.3, 0.4) is 0 Å². The maximum atomic E-state index is 12.8. The highest BCUT2D eigenvalue weighted by Crippen LogP contribution is 2.41. The number of nitrogens with one attached hydrogen (secondary N) is 2. The second kappa shape index (κ2) is 6.69. The highest BCUT2D eigenvalue weighted by atomic mass is 35.5. The van der Waals surface area contributed by atoms with E-state index in [9.17, 15) is 14.7 Å². The highest BCUT2D eigenvalue weighted by molar-refractivity contribution is 7.18. The van der Waals surface area contributed by atoms with Gasteiger partial charge in [0.15, 0.2) is 0 Å². The molecule has 0 saturated heterocycles. The van der Waals surface area contributed by atoms with E-state index >= 15 is 0 Å². The lowest BCUT2D eigenvalue weighted by Gasteiger charge is -2.18. The summed E-state index contributed by atoms with van der Waals surface area (Å²) in [4.78, 5) is 29.9. The summed E-state index contributed by atoms with van der Waals surface area (Å²) >= 11 is 7.44. The molecule has 140 valence electrons. The molecule has 7 heteroatoms. The lowest BCUT2D eigenvalue weighted by molar-refractivity contribution is 0.102. The van der Waals surface area contributed by atoms with Crippen molar-refractivity contribution in [3.63, 3.8) is 0 Å². The predicted molar refractivity (Wildman–Crippen MR) is 109 cm³/mol. The van der Waals surface area contributed by atoms with E-state index in [0.717, 1.165) is 30.4 Å². The number of H-pyrrole nitrogens is 1. The number of thiophene rings is 1. The van der Waals surface area contributed by atoms with Gasteiger partial charge >= 0.3 is 0 Å². The molecule has 3 N–H and O–H groups in total. The average Bonchev–Trinajstić information content (AvgIpc) is 2.94. The largest absolute Gasteiger partial charge is 0.506 e. The van der Waals surface area contributed by atoms with E-state index in [2.05, 4.69) is 17.2 Å². The van der Waals surface area contributed by atoms with E-state index in [1.807, 2.05) is 6.92 Å². The Morgan fingerprint density at radius 2 is 2.19 bits per heavy atom. The smallest absolute Gasteiger partial charge is 0.265 e. The number of aromatic nitrogens is 1. The number of hydrogen-bond donors (Lipinski definition) is 3. The normalized spacial score (nSPS) is 16.3. The number of amides is 1. The number of aryl methyl sites for hydroxylation is 2. The van der Waals surface area contributed by atoms with Crippen LogP contribution in [-0.4, -0.2) is 16.0 Å². The average molecular weight is 403 g/mol. The highest BCUT2D eigenvalue weighted by Gasteiger charge is 2.27. The number of aromatic amines is 1. The topological polar surface area (TPSA) is 82.2 Å². The zero-order valence-corrected chi connectivity index (χ0v) is 16.6. The summed E-state index contributed by atoms with van der Waals surface area (Å²) < 4.78 is 0. The molecule has 0 bridgehead atoms. The maximum absolute atomic E-state index is 12.8. The minimum absolute atomic E-state index is 0.232. The molecule has 0 spiro atoms. The van der Waals surface area contributed by atoms with Crippen LogP contribution in [0.25, 0.3) is 10.2 Å². The summed E-state index contributed by atoms with van der Waals surface area (Å²) in [5.41, 5.74) is 1.53. The Hall–Kier alpha value is -2.31. The molecule has 1 aliphatic rings. The van der Waals surface area contributed by atoms with Crippen LogP contribution in [0.1, 0.15) is 39.7 Å². The van der Waals surface area contributed by atoms with Crippen LogP contribution in [0.4, 0.5) is 5.69 Å². The number of halogens is 1. The fourth-order valence-corrected chi connectivity index (χ4v) is 5.28. The van der Waals surface area contributed by atoms with Gasteiger partial charge in [0, 0.05) is 15.6 Å². The summed E-state index contributed by atoms with van der Waals surface area (Å²) in [6, 6.07) is 5.06. The minimum atomic E-state index is -0.634. The Bertz CT molecular complexity index is 1130. The van der Waals surface area contributed by atoms with Crippen LogP contribution in [0, 0.1) is 12.8 Å². The van der Waals surface area contributed by atoms with Gasteiger partial charge < -0.3 is 15.4 Å². The summed E-state index contributed by atoms with van der Waals surface area (Å²) in [5.74, 6) is -0.287. The third-order valence-corrected chi connectivity index (χ3v) is 6.51. The molecule has 0 aliphatic heterocycles. The third kappa shape index (κ3) is 3.13. The minimum Gasteiger partial charge on any atom is -0.506 e. The van der Waals surface area contributed by atoms with Crippen molar-refractivity contribution in [3.05, 3.63) is 55.1 Å². The molecule has 1 aromatic carbocycles. The Morgan fingerprint density at radius 3 is 2.93 bits per heavy atom. The van der Waals surface area contributed by atoms with Crippen molar-refractivity contribution >= 4 is 44.7 Å². The number of aromatic hydroxyl groups is 1. The summed E-state index contributed by atoms with van der Waals surface area (Å²) in [7, 11) is 0. The van der Waals surface area contributed by atoms with Crippen molar-refractivity contribution in [3.8, 4) is 5.75 Å². The molecule has 0 fully saturated rings. The first-order chi connectivity index (χ1) is 12.8. The van der Waals surface area contributed by atoms with Crippen LogP contribution >= 0.6 is 22.9 Å². The first-order valence-electron chi connectivity index (χ1n) is 8.82. The Kier molecular flexibility index (Phi) is 4.48. The number of fused-ring (bicyclic) bond motifs is 3. The van der Waals surface area contributed by atoms with E-state index in [0.29, 0.717) is 26.8 Å². The van der Waals surface area contributed by atoms with Crippen LogP contribution in [0.15, 0.2) is 23.0 Å². The van der Waals surface area contributed by atoms with Gasteiger partial charge in [-0.25, -0.2) is 0 Å². The third-order valence-electron chi connectivity index (χ3n) is 5.10. The number of pyridine rings is 1. The van der Waals surface area contributed by atoms with Crippen LogP contribution in [0.2, 0.25) is 5.02 Å². The summed E-state index contributed by atoms with van der Waals surface area (Å²) in [6.07, 6.45) is 2.80. The monoisotopic (exact) mass is 402 g/mol. The van der Waals surface area contributed by atoms with Gasteiger partial charge in [-0.15, -0.1) is 11.3 Å². The maximum Gasteiger partial charge on any atom is 0.265 e. The molecular weight excluding hydrogens is 384 g/mol. The SMILES string of the molecule is Cc1cc(Cl)ccc1NC(=O)c1c(O)c2c3c(sc2[nH]c1=O)CC(C)CC3. The zero-order valence-electron chi connectivity index (χ0n) is 15.0. The molecule has 0 radical (unpaired) electrons. The van der Waals surface area contributed by atoms with Crippen molar-refractivity contribution in [2.24, 2.45) is 5.92 Å². The van der Waals surface area contributed by atoms with Gasteiger partial charge in [-0.2, -0.15) is 0 Å². The molecule has 1 amide bonds. The standard InChI is InChI=1S/C20H19ClN2O3S/c1-9-3-5-12-14(7-9)27-20-15(12)17(24)16(19(26)23-20)18(25)22-13-6-4-11(21)8-10(13)2/h4,6,8-9H,3,5,7H2,1-2H3,(H,22,25)(H2,23,24,26). The molecule has 3 aromatic rings. The van der Waals surface area contributed by atoms with E-state index in [1.54, 1.807) is 18.2 Å². The van der Waals surface area contributed by atoms with Gasteiger partial charge in [0.25, 0.3) is 11.5 Å². The molecule has 27 heavy (non-hydrogen) atoms. The first-order valence-corrected chi connectivity index (χ1v) is 10.0. The van der Waals surface area contributed by atoms with Crippen LogP contribution < -0.4 is 10.9 Å². The molecule has 4 rings (SSSR count). The van der Waals surface area contributed by atoms with E-state index < -0.39 is 11.5 Å². The molecule has 2 heterocycles. The van der Waals surface area contributed by atoms with E-state index in [-0.39, 0.29) is 11.3 Å². The van der Waals surface area contributed by atoms with Gasteiger partial charge in [-0.3, -0.25) is 9.59 Å². The Morgan fingerprint density at radius 1 is 1.41 bits per heavy atom. The number of rotatable bonds is 2. The lowest BCUT2D eigenvalue weighted by Crippen LogP contribution is -2.23. The van der Waals surface area contributed by atoms with Gasteiger partial charge in [0.2, 0.25) is 0 Å². The number of carbonyl (C=O) groups is 1. The second-order valence-corrected chi connectivity index (χ2v) is 8.69. The molecule has 1 aliphatic carbocycles. The van der Waals surface area contributed by atoms with Crippen molar-refractivity contribution in [2.75, 3.05) is 5.32 Å².